The lowest BCUT2D eigenvalue weighted by molar-refractivity contribution is 0.0652. The van der Waals surface area contributed by atoms with Crippen LogP contribution in [0, 0.1) is 5.92 Å². The van der Waals surface area contributed by atoms with Crippen molar-refractivity contribution in [3.63, 3.8) is 0 Å². The molecule has 0 aliphatic carbocycles. The predicted octanol–water partition coefficient (Wildman–Crippen LogP) is 4.55. The van der Waals surface area contributed by atoms with Gasteiger partial charge in [-0.25, -0.2) is 0 Å². The summed E-state index contributed by atoms with van der Waals surface area (Å²) in [6.45, 7) is 1.69. The van der Waals surface area contributed by atoms with Gasteiger partial charge in [-0.2, -0.15) is 0 Å². The summed E-state index contributed by atoms with van der Waals surface area (Å²) < 4.78 is 5.41. The summed E-state index contributed by atoms with van der Waals surface area (Å²) in [5.74, 6) is 0.534. The molecule has 1 atom stereocenters. The van der Waals surface area contributed by atoms with Crippen LogP contribution in [0.15, 0.2) is 42.5 Å². The van der Waals surface area contributed by atoms with E-state index in [1.54, 1.807) is 0 Å². The Labute approximate surface area is 113 Å². The van der Waals surface area contributed by atoms with Crippen LogP contribution >= 0.6 is 11.6 Å². The lowest BCUT2D eigenvalue weighted by atomic mass is 9.89. The zero-order valence-corrected chi connectivity index (χ0v) is 11.1. The van der Waals surface area contributed by atoms with E-state index in [9.17, 15) is 0 Å². The summed E-state index contributed by atoms with van der Waals surface area (Å²) in [5, 5.41) is 2.65. The zero-order valence-electron chi connectivity index (χ0n) is 10.3. The Balaban J connectivity index is 1.97. The molecule has 0 N–H and O–H groups in total. The van der Waals surface area contributed by atoms with E-state index < -0.39 is 0 Å². The van der Waals surface area contributed by atoms with Gasteiger partial charge in [0.2, 0.25) is 0 Å². The highest BCUT2D eigenvalue weighted by Crippen LogP contribution is 2.38. The van der Waals surface area contributed by atoms with Crippen LogP contribution in [0.4, 0.5) is 0 Å². The number of hydrogen-bond acceptors (Lipinski definition) is 1. The van der Waals surface area contributed by atoms with E-state index in [4.69, 9.17) is 16.3 Å². The van der Waals surface area contributed by atoms with E-state index >= 15 is 0 Å². The molecule has 1 saturated heterocycles. The maximum Gasteiger partial charge on any atom is 0.0621 e. The molecule has 94 valence electrons. The summed E-state index contributed by atoms with van der Waals surface area (Å²) in [6, 6.07) is 14.9. The number of fused-ring (bicyclic) bond motifs is 1. The molecule has 0 amide bonds. The van der Waals surface area contributed by atoms with Crippen molar-refractivity contribution in [3.8, 4) is 0 Å². The van der Waals surface area contributed by atoms with Crippen molar-refractivity contribution < 1.29 is 4.74 Å². The standard InChI is InChI=1S/C16H17ClO/c17-16(13-8-10-18-11-9-13)15-7-3-5-12-4-1-2-6-14(12)15/h1-7,13,16H,8-11H2. The first-order chi connectivity index (χ1) is 8.86. The van der Waals surface area contributed by atoms with Gasteiger partial charge in [0.05, 0.1) is 5.38 Å². The van der Waals surface area contributed by atoms with Gasteiger partial charge in [-0.3, -0.25) is 0 Å². The van der Waals surface area contributed by atoms with Crippen molar-refractivity contribution in [1.82, 2.24) is 0 Å². The van der Waals surface area contributed by atoms with Crippen LogP contribution in [0.1, 0.15) is 23.8 Å². The van der Waals surface area contributed by atoms with Crippen molar-refractivity contribution in [3.05, 3.63) is 48.0 Å². The van der Waals surface area contributed by atoms with E-state index in [0.717, 1.165) is 26.1 Å². The number of rotatable bonds is 2. The van der Waals surface area contributed by atoms with Crippen LogP contribution in [0.3, 0.4) is 0 Å². The van der Waals surface area contributed by atoms with Gasteiger partial charge < -0.3 is 4.74 Å². The lowest BCUT2D eigenvalue weighted by Gasteiger charge is -2.27. The molecule has 1 nitrogen and oxygen atoms in total. The Bertz CT molecular complexity index is 526. The number of ether oxygens (including phenoxy) is 1. The van der Waals surface area contributed by atoms with Crippen molar-refractivity contribution in [2.45, 2.75) is 18.2 Å². The van der Waals surface area contributed by atoms with Gasteiger partial charge in [-0.05, 0) is 35.1 Å². The van der Waals surface area contributed by atoms with Gasteiger partial charge in [-0.1, -0.05) is 42.5 Å². The summed E-state index contributed by atoms with van der Waals surface area (Å²) in [6.07, 6.45) is 2.13. The fraction of sp³-hybridized carbons (Fsp3) is 0.375. The van der Waals surface area contributed by atoms with E-state index in [2.05, 4.69) is 42.5 Å². The molecule has 1 fully saturated rings. The molecule has 1 unspecified atom stereocenters. The van der Waals surface area contributed by atoms with Crippen molar-refractivity contribution in [2.75, 3.05) is 13.2 Å². The third kappa shape index (κ3) is 2.25. The van der Waals surface area contributed by atoms with Gasteiger partial charge in [-0.15, -0.1) is 11.6 Å². The number of halogens is 1. The van der Waals surface area contributed by atoms with Crippen LogP contribution in [-0.4, -0.2) is 13.2 Å². The second-order valence-corrected chi connectivity index (χ2v) is 5.39. The number of benzene rings is 2. The summed E-state index contributed by atoms with van der Waals surface area (Å²) in [7, 11) is 0. The molecule has 3 rings (SSSR count). The minimum absolute atomic E-state index is 0.0972. The normalized spacial score (nSPS) is 18.9. The zero-order chi connectivity index (χ0) is 12.4. The second kappa shape index (κ2) is 5.29. The topological polar surface area (TPSA) is 9.23 Å². The summed E-state index contributed by atoms with van der Waals surface area (Å²) in [4.78, 5) is 0. The Hall–Kier alpha value is -1.05. The molecule has 2 heteroatoms. The lowest BCUT2D eigenvalue weighted by Crippen LogP contribution is -2.19. The minimum Gasteiger partial charge on any atom is -0.381 e. The molecule has 0 saturated carbocycles. The highest BCUT2D eigenvalue weighted by Gasteiger charge is 2.24. The fourth-order valence-electron chi connectivity index (χ4n) is 2.75. The molecular formula is C16H17ClO. The molecule has 2 aromatic rings. The van der Waals surface area contributed by atoms with Crippen LogP contribution in [0.25, 0.3) is 10.8 Å². The smallest absolute Gasteiger partial charge is 0.0621 e. The van der Waals surface area contributed by atoms with Gasteiger partial charge in [0.1, 0.15) is 0 Å². The van der Waals surface area contributed by atoms with E-state index in [0.29, 0.717) is 5.92 Å². The largest absolute Gasteiger partial charge is 0.381 e. The average Bonchev–Trinajstić information content (AvgIpc) is 2.47. The predicted molar refractivity (Wildman–Crippen MR) is 76.1 cm³/mol. The van der Waals surface area contributed by atoms with Gasteiger partial charge in [0.25, 0.3) is 0 Å². The molecule has 18 heavy (non-hydrogen) atoms. The van der Waals surface area contributed by atoms with Gasteiger partial charge in [0.15, 0.2) is 0 Å². The molecule has 1 heterocycles. The average molecular weight is 261 g/mol. The van der Waals surface area contributed by atoms with Crippen molar-refractivity contribution in [2.24, 2.45) is 5.92 Å². The van der Waals surface area contributed by atoms with E-state index in [1.807, 2.05) is 0 Å². The maximum absolute atomic E-state index is 6.71. The first kappa shape index (κ1) is 12.0. The van der Waals surface area contributed by atoms with Gasteiger partial charge in [0, 0.05) is 13.2 Å². The quantitative estimate of drug-likeness (QED) is 0.720. The van der Waals surface area contributed by atoms with Crippen LogP contribution in [-0.2, 0) is 4.74 Å². The van der Waals surface area contributed by atoms with Crippen molar-refractivity contribution in [1.29, 1.82) is 0 Å². The SMILES string of the molecule is ClC(c1cccc2ccccc12)C1CCOCC1. The fourth-order valence-corrected chi connectivity index (χ4v) is 3.20. The molecule has 0 aromatic heterocycles. The first-order valence-corrected chi connectivity index (χ1v) is 6.99. The highest BCUT2D eigenvalue weighted by atomic mass is 35.5. The number of hydrogen-bond donors (Lipinski definition) is 0. The highest BCUT2D eigenvalue weighted by molar-refractivity contribution is 6.22. The van der Waals surface area contributed by atoms with Crippen LogP contribution in [0.5, 0.6) is 0 Å². The third-order valence-corrected chi connectivity index (χ3v) is 4.39. The molecule has 1 aliphatic heterocycles. The maximum atomic E-state index is 6.71. The number of alkyl halides is 1. The summed E-state index contributed by atoms with van der Waals surface area (Å²) >= 11 is 6.71. The minimum atomic E-state index is 0.0972. The molecule has 2 aromatic carbocycles. The molecule has 0 radical (unpaired) electrons. The third-order valence-electron chi connectivity index (χ3n) is 3.80. The van der Waals surface area contributed by atoms with Crippen LogP contribution in [0.2, 0.25) is 0 Å². The van der Waals surface area contributed by atoms with Crippen LogP contribution < -0.4 is 0 Å². The first-order valence-electron chi connectivity index (χ1n) is 6.56. The van der Waals surface area contributed by atoms with Crippen molar-refractivity contribution >= 4 is 22.4 Å². The van der Waals surface area contributed by atoms with E-state index in [1.165, 1.54) is 16.3 Å². The summed E-state index contributed by atoms with van der Waals surface area (Å²) in [5.41, 5.74) is 1.27. The second-order valence-electron chi connectivity index (χ2n) is 4.92. The van der Waals surface area contributed by atoms with Gasteiger partial charge >= 0.3 is 0 Å². The molecular weight excluding hydrogens is 244 g/mol. The molecule has 1 aliphatic rings. The van der Waals surface area contributed by atoms with E-state index in [-0.39, 0.29) is 5.38 Å². The Morgan fingerprint density at radius 2 is 1.72 bits per heavy atom. The Morgan fingerprint density at radius 1 is 1.00 bits per heavy atom. The monoisotopic (exact) mass is 260 g/mol. The Kier molecular flexibility index (Phi) is 3.53. The molecule has 0 spiro atoms. The molecule has 0 bridgehead atoms. The Morgan fingerprint density at radius 3 is 2.56 bits per heavy atom.